The standard InChI is InChI=1S/C26H30BrClF3N3O4S/c1-17(25(36)32-21-6-4-3-5-7-21)33(15-18-8-11-20(27)12-9-18)24(35)16-34(39(2,37)38)23-14-19(26(29,30)31)10-13-22(23)28/h8-14,17,21H,3-7,15-16H2,1-2H3,(H,32,36)/t17-/m0/s1. The van der Waals surface area contributed by atoms with Gasteiger partial charge >= 0.3 is 6.18 Å². The molecule has 1 aliphatic rings. The van der Waals surface area contributed by atoms with Crippen molar-refractivity contribution in [3.05, 3.63) is 63.1 Å². The summed E-state index contributed by atoms with van der Waals surface area (Å²) in [6, 6.07) is 8.26. The molecule has 3 rings (SSSR count). The zero-order valence-electron chi connectivity index (χ0n) is 21.5. The van der Waals surface area contributed by atoms with E-state index >= 15 is 0 Å². The molecule has 1 aliphatic carbocycles. The van der Waals surface area contributed by atoms with E-state index in [-0.39, 0.29) is 17.6 Å². The number of carbonyl (C=O) groups is 2. The number of nitrogens with zero attached hydrogens (tertiary/aromatic N) is 2. The maximum atomic E-state index is 13.6. The van der Waals surface area contributed by atoms with Crippen LogP contribution in [0, 0.1) is 0 Å². The third-order valence-corrected chi connectivity index (χ3v) is 8.58. The van der Waals surface area contributed by atoms with Gasteiger partial charge in [-0.3, -0.25) is 13.9 Å². The summed E-state index contributed by atoms with van der Waals surface area (Å²) in [6.07, 6.45) is 0.741. The van der Waals surface area contributed by atoms with E-state index in [1.807, 2.05) is 0 Å². The first-order chi connectivity index (χ1) is 18.2. The number of alkyl halides is 3. The summed E-state index contributed by atoms with van der Waals surface area (Å²) >= 11 is 9.45. The highest BCUT2D eigenvalue weighted by molar-refractivity contribution is 9.10. The fraction of sp³-hybridized carbons (Fsp3) is 0.462. The maximum absolute atomic E-state index is 13.6. The van der Waals surface area contributed by atoms with E-state index in [0.29, 0.717) is 15.9 Å². The van der Waals surface area contributed by atoms with E-state index < -0.39 is 51.9 Å². The van der Waals surface area contributed by atoms with E-state index in [1.165, 1.54) is 11.8 Å². The van der Waals surface area contributed by atoms with E-state index in [4.69, 9.17) is 11.6 Å². The zero-order valence-corrected chi connectivity index (χ0v) is 24.6. The SMILES string of the molecule is C[C@@H](C(=O)NC1CCCCC1)N(Cc1ccc(Br)cc1)C(=O)CN(c1cc(C(F)(F)F)ccc1Cl)S(C)(=O)=O. The van der Waals surface area contributed by atoms with Crippen LogP contribution in [0.3, 0.4) is 0 Å². The predicted molar refractivity (Wildman–Crippen MR) is 148 cm³/mol. The lowest BCUT2D eigenvalue weighted by atomic mass is 9.95. The number of hydrogen-bond acceptors (Lipinski definition) is 4. The molecule has 2 aromatic carbocycles. The van der Waals surface area contributed by atoms with E-state index in [1.54, 1.807) is 24.3 Å². The van der Waals surface area contributed by atoms with Crippen molar-refractivity contribution >= 4 is 55.1 Å². The molecule has 0 heterocycles. The molecule has 39 heavy (non-hydrogen) atoms. The van der Waals surface area contributed by atoms with Gasteiger partial charge in [-0.2, -0.15) is 13.2 Å². The fourth-order valence-electron chi connectivity index (χ4n) is 4.41. The molecule has 2 amide bonds. The molecule has 0 spiro atoms. The van der Waals surface area contributed by atoms with Gasteiger partial charge in [0.1, 0.15) is 12.6 Å². The molecule has 214 valence electrons. The zero-order chi connectivity index (χ0) is 29.0. The van der Waals surface area contributed by atoms with Gasteiger partial charge in [-0.1, -0.05) is 58.9 Å². The van der Waals surface area contributed by atoms with Crippen LogP contribution in [0.4, 0.5) is 18.9 Å². The van der Waals surface area contributed by atoms with Crippen LogP contribution in [-0.2, 0) is 32.3 Å². The molecule has 1 atom stereocenters. The van der Waals surface area contributed by atoms with Crippen molar-refractivity contribution < 1.29 is 31.2 Å². The Hall–Kier alpha value is -2.31. The Morgan fingerprint density at radius 1 is 1.10 bits per heavy atom. The topological polar surface area (TPSA) is 86.8 Å². The molecule has 1 saturated carbocycles. The first kappa shape index (κ1) is 31.2. The second kappa shape index (κ2) is 12.9. The second-order valence-corrected chi connectivity index (χ2v) is 12.8. The Bertz CT molecular complexity index is 1290. The smallest absolute Gasteiger partial charge is 0.352 e. The van der Waals surface area contributed by atoms with Gasteiger partial charge in [0.05, 0.1) is 22.5 Å². The molecule has 0 radical (unpaired) electrons. The van der Waals surface area contributed by atoms with Crippen molar-refractivity contribution in [2.75, 3.05) is 17.1 Å². The maximum Gasteiger partial charge on any atom is 0.416 e. The van der Waals surface area contributed by atoms with Crippen LogP contribution in [0.2, 0.25) is 5.02 Å². The van der Waals surface area contributed by atoms with Gasteiger partial charge in [0.15, 0.2) is 0 Å². The van der Waals surface area contributed by atoms with Crippen molar-refractivity contribution in [1.29, 1.82) is 0 Å². The number of rotatable bonds is 9. The van der Waals surface area contributed by atoms with Crippen LogP contribution < -0.4 is 9.62 Å². The summed E-state index contributed by atoms with van der Waals surface area (Å²) in [6.45, 7) is 0.660. The average Bonchev–Trinajstić information content (AvgIpc) is 2.86. The van der Waals surface area contributed by atoms with Crippen LogP contribution in [0.1, 0.15) is 50.2 Å². The van der Waals surface area contributed by atoms with Crippen LogP contribution in [-0.4, -0.2) is 50.0 Å². The summed E-state index contributed by atoms with van der Waals surface area (Å²) in [5.41, 5.74) is -0.924. The van der Waals surface area contributed by atoms with Gasteiger partial charge in [0.2, 0.25) is 21.8 Å². The highest BCUT2D eigenvalue weighted by atomic mass is 79.9. The van der Waals surface area contributed by atoms with E-state index in [0.717, 1.165) is 55.0 Å². The number of amides is 2. The van der Waals surface area contributed by atoms with Crippen molar-refractivity contribution in [2.24, 2.45) is 0 Å². The van der Waals surface area contributed by atoms with Crippen LogP contribution in [0.15, 0.2) is 46.9 Å². The minimum atomic E-state index is -4.76. The van der Waals surface area contributed by atoms with Crippen molar-refractivity contribution in [2.45, 2.75) is 63.8 Å². The Kier molecular flexibility index (Phi) is 10.3. The molecule has 1 fully saturated rings. The molecular weight excluding hydrogens is 623 g/mol. The quantitative estimate of drug-likeness (QED) is 0.374. The number of nitrogens with one attached hydrogen (secondary N) is 1. The molecule has 0 aliphatic heterocycles. The lowest BCUT2D eigenvalue weighted by Gasteiger charge is -2.33. The second-order valence-electron chi connectivity index (χ2n) is 9.60. The Labute approximate surface area is 239 Å². The Morgan fingerprint density at radius 2 is 1.72 bits per heavy atom. The molecule has 0 bridgehead atoms. The molecule has 7 nitrogen and oxygen atoms in total. The lowest BCUT2D eigenvalue weighted by Crippen LogP contribution is -2.53. The number of halogens is 5. The Balaban J connectivity index is 1.94. The predicted octanol–water partition coefficient (Wildman–Crippen LogP) is 5.75. The monoisotopic (exact) mass is 651 g/mol. The molecule has 0 unspecified atom stereocenters. The number of carbonyl (C=O) groups excluding carboxylic acids is 2. The summed E-state index contributed by atoms with van der Waals surface area (Å²) in [4.78, 5) is 28.0. The fourth-order valence-corrected chi connectivity index (χ4v) is 5.80. The summed E-state index contributed by atoms with van der Waals surface area (Å²) in [5.74, 6) is -1.17. The highest BCUT2D eigenvalue weighted by Crippen LogP contribution is 2.36. The minimum Gasteiger partial charge on any atom is -0.352 e. The lowest BCUT2D eigenvalue weighted by molar-refractivity contribution is -0.139. The number of sulfonamides is 1. The van der Waals surface area contributed by atoms with Crippen molar-refractivity contribution in [1.82, 2.24) is 10.2 Å². The molecule has 1 N–H and O–H groups in total. The number of benzene rings is 2. The van der Waals surface area contributed by atoms with Gasteiger partial charge in [0, 0.05) is 17.1 Å². The highest BCUT2D eigenvalue weighted by Gasteiger charge is 2.35. The van der Waals surface area contributed by atoms with Gasteiger partial charge in [0.25, 0.3) is 0 Å². The van der Waals surface area contributed by atoms with Gasteiger partial charge in [-0.25, -0.2) is 8.42 Å². The van der Waals surface area contributed by atoms with Crippen LogP contribution in [0.25, 0.3) is 0 Å². The first-order valence-corrected chi connectivity index (χ1v) is 15.4. The molecule has 13 heteroatoms. The van der Waals surface area contributed by atoms with Crippen molar-refractivity contribution in [3.63, 3.8) is 0 Å². The summed E-state index contributed by atoms with van der Waals surface area (Å²) in [5, 5.41) is 2.70. The Morgan fingerprint density at radius 3 is 2.28 bits per heavy atom. The third kappa shape index (κ3) is 8.59. The van der Waals surface area contributed by atoms with Gasteiger partial charge in [-0.15, -0.1) is 0 Å². The molecule has 2 aromatic rings. The first-order valence-electron chi connectivity index (χ1n) is 12.4. The summed E-state index contributed by atoms with van der Waals surface area (Å²) in [7, 11) is -4.25. The number of anilines is 1. The molecule has 0 saturated heterocycles. The van der Waals surface area contributed by atoms with Crippen LogP contribution in [0.5, 0.6) is 0 Å². The largest absolute Gasteiger partial charge is 0.416 e. The molecular formula is C26H30BrClF3N3O4S. The van der Waals surface area contributed by atoms with E-state index in [9.17, 15) is 31.2 Å². The van der Waals surface area contributed by atoms with Gasteiger partial charge < -0.3 is 10.2 Å². The normalized spacial score (nSPS) is 15.5. The minimum absolute atomic E-state index is 0.0187. The van der Waals surface area contributed by atoms with Gasteiger partial charge in [-0.05, 0) is 55.7 Å². The summed E-state index contributed by atoms with van der Waals surface area (Å²) < 4.78 is 66.9. The number of hydrogen-bond donors (Lipinski definition) is 1. The molecule has 0 aromatic heterocycles. The van der Waals surface area contributed by atoms with Crippen LogP contribution >= 0.6 is 27.5 Å². The third-order valence-electron chi connectivity index (χ3n) is 6.61. The average molecular weight is 653 g/mol. The van der Waals surface area contributed by atoms with E-state index in [2.05, 4.69) is 21.2 Å². The van der Waals surface area contributed by atoms with Crippen molar-refractivity contribution in [3.8, 4) is 0 Å².